The lowest BCUT2D eigenvalue weighted by Crippen LogP contribution is -2.05. The van der Waals surface area contributed by atoms with E-state index in [1.165, 1.54) is 0 Å². The molecular weight excluding hydrogens is 372 g/mol. The number of nitrogens with zero attached hydrogens (tertiary/aromatic N) is 3. The molecule has 3 rings (SSSR count). The van der Waals surface area contributed by atoms with E-state index in [1.54, 1.807) is 0 Å². The summed E-state index contributed by atoms with van der Waals surface area (Å²) in [6.07, 6.45) is 1.96. The SMILES string of the molecule is CC1=C(C#N)c2nc(N)c(C#N)c(C)c2/C1=C/c1ccc(OC(C)C)c(Cl)c1. The van der Waals surface area contributed by atoms with Crippen LogP contribution in [0.25, 0.3) is 17.2 Å². The predicted octanol–water partition coefficient (Wildman–Crippen LogP) is 5.14. The van der Waals surface area contributed by atoms with Crippen molar-refractivity contribution in [2.75, 3.05) is 5.73 Å². The van der Waals surface area contributed by atoms with Gasteiger partial charge in [0.05, 0.1) is 28.0 Å². The molecule has 5 nitrogen and oxygen atoms in total. The molecule has 0 aliphatic heterocycles. The molecule has 2 N–H and O–H groups in total. The Bertz CT molecular complexity index is 1130. The zero-order valence-corrected chi connectivity index (χ0v) is 16.8. The monoisotopic (exact) mass is 390 g/mol. The lowest BCUT2D eigenvalue weighted by Gasteiger charge is -2.13. The van der Waals surface area contributed by atoms with Gasteiger partial charge < -0.3 is 10.5 Å². The Labute approximate surface area is 169 Å². The van der Waals surface area contributed by atoms with Gasteiger partial charge in [0.25, 0.3) is 0 Å². The lowest BCUT2D eigenvalue weighted by atomic mass is 9.95. The maximum absolute atomic E-state index is 9.62. The number of pyridine rings is 1. The highest BCUT2D eigenvalue weighted by atomic mass is 35.5. The number of allylic oxidation sites excluding steroid dienone is 3. The number of fused-ring (bicyclic) bond motifs is 1. The van der Waals surface area contributed by atoms with Gasteiger partial charge in [-0.1, -0.05) is 17.7 Å². The molecule has 2 aromatic rings. The number of halogens is 1. The second kappa shape index (κ2) is 7.38. The molecule has 1 heterocycles. The third-order valence-electron chi connectivity index (χ3n) is 4.61. The minimum absolute atomic E-state index is 0.0235. The highest BCUT2D eigenvalue weighted by Crippen LogP contribution is 2.44. The van der Waals surface area contributed by atoms with Gasteiger partial charge in [-0.3, -0.25) is 0 Å². The van der Waals surface area contributed by atoms with Gasteiger partial charge in [-0.2, -0.15) is 10.5 Å². The second-order valence-corrected chi connectivity index (χ2v) is 7.27. The van der Waals surface area contributed by atoms with Crippen LogP contribution in [0.5, 0.6) is 5.75 Å². The zero-order valence-electron chi connectivity index (χ0n) is 16.1. The zero-order chi connectivity index (χ0) is 20.6. The average molecular weight is 391 g/mol. The number of anilines is 1. The van der Waals surface area contributed by atoms with E-state index in [9.17, 15) is 10.5 Å². The number of benzene rings is 1. The topological polar surface area (TPSA) is 95.7 Å². The largest absolute Gasteiger partial charge is 0.489 e. The molecule has 1 aliphatic rings. The number of aromatic nitrogens is 1. The van der Waals surface area contributed by atoms with Crippen LogP contribution in [-0.4, -0.2) is 11.1 Å². The number of nitriles is 2. The summed E-state index contributed by atoms with van der Waals surface area (Å²) in [6.45, 7) is 7.57. The van der Waals surface area contributed by atoms with Crippen molar-refractivity contribution in [3.05, 3.63) is 56.7 Å². The molecule has 0 fully saturated rings. The molecule has 1 aliphatic carbocycles. The van der Waals surface area contributed by atoms with Crippen molar-refractivity contribution in [3.8, 4) is 17.9 Å². The van der Waals surface area contributed by atoms with Crippen molar-refractivity contribution in [2.24, 2.45) is 0 Å². The van der Waals surface area contributed by atoms with Crippen molar-refractivity contribution >= 4 is 34.6 Å². The minimum atomic E-state index is 0.0235. The van der Waals surface area contributed by atoms with Gasteiger partial charge in [-0.05, 0) is 68.2 Å². The van der Waals surface area contributed by atoms with Gasteiger partial charge in [0.1, 0.15) is 23.7 Å². The second-order valence-electron chi connectivity index (χ2n) is 6.86. The standard InChI is InChI=1S/C22H19ClN4O/c1-11(2)28-19-6-5-14(8-18(19)23)7-15-12(3)16(9-24)21-20(15)13(4)17(10-25)22(26)27-21/h5-8,11H,1-4H3,(H2,26,27)/b15-7+. The molecule has 1 aromatic carbocycles. The van der Waals surface area contributed by atoms with E-state index in [4.69, 9.17) is 22.1 Å². The van der Waals surface area contributed by atoms with E-state index < -0.39 is 0 Å². The Balaban J connectivity index is 2.19. The number of rotatable bonds is 3. The number of ether oxygens (including phenoxy) is 1. The first kappa shape index (κ1) is 19.5. The number of hydrogen-bond acceptors (Lipinski definition) is 5. The highest BCUT2D eigenvalue weighted by Gasteiger charge is 2.29. The maximum Gasteiger partial charge on any atom is 0.142 e. The number of nitrogen functional groups attached to an aromatic ring is 1. The van der Waals surface area contributed by atoms with Crippen molar-refractivity contribution in [3.63, 3.8) is 0 Å². The van der Waals surface area contributed by atoms with E-state index in [0.717, 1.165) is 22.3 Å². The van der Waals surface area contributed by atoms with E-state index >= 15 is 0 Å². The summed E-state index contributed by atoms with van der Waals surface area (Å²) in [5, 5.41) is 19.6. The van der Waals surface area contributed by atoms with E-state index in [-0.39, 0.29) is 11.9 Å². The summed E-state index contributed by atoms with van der Waals surface area (Å²) in [5.74, 6) is 0.756. The molecular formula is C22H19ClN4O. The Kier molecular flexibility index (Phi) is 5.14. The molecule has 0 atom stereocenters. The lowest BCUT2D eigenvalue weighted by molar-refractivity contribution is 0.242. The van der Waals surface area contributed by atoms with Crippen molar-refractivity contribution in [1.29, 1.82) is 10.5 Å². The van der Waals surface area contributed by atoms with Crippen LogP contribution in [0.4, 0.5) is 5.82 Å². The van der Waals surface area contributed by atoms with Crippen molar-refractivity contribution < 1.29 is 4.74 Å². The smallest absolute Gasteiger partial charge is 0.142 e. The molecule has 0 spiro atoms. The van der Waals surface area contributed by atoms with Gasteiger partial charge in [0, 0.05) is 5.56 Å². The molecule has 0 amide bonds. The third kappa shape index (κ3) is 3.22. The fourth-order valence-corrected chi connectivity index (χ4v) is 3.55. The number of nitrogens with two attached hydrogens (primary N) is 1. The minimum Gasteiger partial charge on any atom is -0.489 e. The van der Waals surface area contributed by atoms with Crippen LogP contribution in [0.3, 0.4) is 0 Å². The first-order chi connectivity index (χ1) is 13.3. The van der Waals surface area contributed by atoms with Crippen molar-refractivity contribution in [2.45, 2.75) is 33.8 Å². The van der Waals surface area contributed by atoms with Crippen LogP contribution in [0.1, 0.15) is 48.7 Å². The van der Waals surface area contributed by atoms with Crippen molar-refractivity contribution in [1.82, 2.24) is 4.98 Å². The summed E-state index contributed by atoms with van der Waals surface area (Å²) in [4.78, 5) is 4.33. The molecule has 140 valence electrons. The Morgan fingerprint density at radius 2 is 1.93 bits per heavy atom. The summed E-state index contributed by atoms with van der Waals surface area (Å²) < 4.78 is 5.68. The van der Waals surface area contributed by atoms with Gasteiger partial charge in [0.15, 0.2) is 0 Å². The van der Waals surface area contributed by atoms with Crippen LogP contribution >= 0.6 is 11.6 Å². The van der Waals surface area contributed by atoms with Crippen LogP contribution in [-0.2, 0) is 0 Å². The quantitative estimate of drug-likeness (QED) is 0.783. The summed E-state index contributed by atoms with van der Waals surface area (Å²) >= 11 is 6.36. The molecule has 28 heavy (non-hydrogen) atoms. The fourth-order valence-electron chi connectivity index (χ4n) is 3.32. The van der Waals surface area contributed by atoms with Crippen LogP contribution in [0.15, 0.2) is 23.8 Å². The first-order valence-electron chi connectivity index (χ1n) is 8.78. The maximum atomic E-state index is 9.62. The normalized spacial score (nSPS) is 14.2. The van der Waals surface area contributed by atoms with Crippen LogP contribution in [0.2, 0.25) is 5.02 Å². The molecule has 0 unspecified atom stereocenters. The highest BCUT2D eigenvalue weighted by molar-refractivity contribution is 6.32. The Hall–Kier alpha value is -3.28. The van der Waals surface area contributed by atoms with Gasteiger partial charge >= 0.3 is 0 Å². The average Bonchev–Trinajstić information content (AvgIpc) is 2.88. The van der Waals surface area contributed by atoms with E-state index in [2.05, 4.69) is 17.1 Å². The van der Waals surface area contributed by atoms with Gasteiger partial charge in [-0.25, -0.2) is 4.98 Å². The number of hydrogen-bond donors (Lipinski definition) is 1. The summed E-state index contributed by atoms with van der Waals surface area (Å²) in [7, 11) is 0. The molecule has 0 saturated heterocycles. The first-order valence-corrected chi connectivity index (χ1v) is 9.16. The Morgan fingerprint density at radius 3 is 2.50 bits per heavy atom. The molecule has 6 heteroatoms. The molecule has 0 radical (unpaired) electrons. The fraction of sp³-hybridized carbons (Fsp3) is 0.227. The molecule has 0 bridgehead atoms. The predicted molar refractivity (Wildman–Crippen MR) is 111 cm³/mol. The van der Waals surface area contributed by atoms with Crippen LogP contribution in [0, 0.1) is 29.6 Å². The van der Waals surface area contributed by atoms with E-state index in [1.807, 2.05) is 52.0 Å². The molecule has 0 saturated carbocycles. The van der Waals surface area contributed by atoms with E-state index in [0.29, 0.717) is 33.2 Å². The third-order valence-corrected chi connectivity index (χ3v) is 4.91. The van der Waals surface area contributed by atoms with Gasteiger partial charge in [0.2, 0.25) is 0 Å². The van der Waals surface area contributed by atoms with Crippen LogP contribution < -0.4 is 10.5 Å². The van der Waals surface area contributed by atoms with Gasteiger partial charge in [-0.15, -0.1) is 0 Å². The molecule has 1 aromatic heterocycles. The summed E-state index contributed by atoms with van der Waals surface area (Å²) in [5.41, 5.74) is 11.2. The Morgan fingerprint density at radius 1 is 1.21 bits per heavy atom. The summed E-state index contributed by atoms with van der Waals surface area (Å²) in [6, 6.07) is 9.86.